The predicted molar refractivity (Wildman–Crippen MR) is 133 cm³/mol. The molecule has 0 aliphatic carbocycles. The number of nitrogen functional groups attached to an aromatic ring is 1. The van der Waals surface area contributed by atoms with Gasteiger partial charge in [0.15, 0.2) is 11.5 Å². The topological polar surface area (TPSA) is 209 Å². The van der Waals surface area contributed by atoms with E-state index in [1.54, 1.807) is 38.4 Å². The van der Waals surface area contributed by atoms with Crippen molar-refractivity contribution in [1.82, 2.24) is 20.2 Å². The van der Waals surface area contributed by atoms with Crippen molar-refractivity contribution in [2.75, 3.05) is 48.5 Å². The smallest absolute Gasteiger partial charge is 0.278 e. The molecule has 14 heteroatoms. The number of likely N-dealkylation sites (N-methyl/N-ethyl adjacent to an activating group) is 1. The van der Waals surface area contributed by atoms with Crippen molar-refractivity contribution in [2.24, 2.45) is 5.73 Å². The zero-order valence-electron chi connectivity index (χ0n) is 19.9. The molecule has 14 nitrogen and oxygen atoms in total. The fourth-order valence-corrected chi connectivity index (χ4v) is 3.72. The number of rotatable bonds is 10. The van der Waals surface area contributed by atoms with E-state index in [1.165, 1.54) is 9.80 Å². The van der Waals surface area contributed by atoms with Crippen LogP contribution in [0.15, 0.2) is 29.1 Å². The number of carbonyl (C=O) groups excluding carboxylic acids is 4. The molecule has 3 rings (SSSR count). The molecule has 0 saturated heterocycles. The Labute approximate surface area is 206 Å². The van der Waals surface area contributed by atoms with E-state index in [0.29, 0.717) is 30.8 Å². The van der Waals surface area contributed by atoms with Crippen molar-refractivity contribution in [3.63, 3.8) is 0 Å². The van der Waals surface area contributed by atoms with E-state index in [4.69, 9.17) is 11.5 Å². The van der Waals surface area contributed by atoms with Crippen molar-refractivity contribution in [2.45, 2.75) is 24.9 Å². The van der Waals surface area contributed by atoms with E-state index in [9.17, 15) is 24.0 Å². The number of fused-ring (bicyclic) bond motifs is 1. The van der Waals surface area contributed by atoms with Gasteiger partial charge in [0.05, 0.1) is 6.04 Å². The largest absolute Gasteiger partial charge is 0.383 e. The molecule has 192 valence electrons. The quantitative estimate of drug-likeness (QED) is 0.214. The highest BCUT2D eigenvalue weighted by molar-refractivity contribution is 5.98. The molecule has 2 aromatic rings. The summed E-state index contributed by atoms with van der Waals surface area (Å²) in [6.45, 7) is 0.634. The molecule has 0 saturated carbocycles. The average Bonchev–Trinajstić information content (AvgIpc) is 2.84. The lowest BCUT2D eigenvalue weighted by Gasteiger charge is -2.34. The fraction of sp³-hybridized carbons (Fsp3) is 0.364. The van der Waals surface area contributed by atoms with Crippen LogP contribution in [0.3, 0.4) is 0 Å². The second-order valence-corrected chi connectivity index (χ2v) is 8.42. The van der Waals surface area contributed by atoms with Crippen LogP contribution in [0.4, 0.5) is 23.1 Å². The van der Waals surface area contributed by atoms with E-state index >= 15 is 0 Å². The SMILES string of the molecule is CN(C)C(=O)C(CCC(N)=O)NC(=O)c1ccc(NCC2CNc3nc(N)[nH]c(=O)c3N2C=O)cc1. The normalized spacial score (nSPS) is 15.2. The van der Waals surface area contributed by atoms with Gasteiger partial charge in [0.1, 0.15) is 6.04 Å². The standard InChI is InChI=1S/C22H29N9O5/c1-30(2)21(36)15(7-8-16(23)33)27-19(34)12-3-5-13(6-4-12)25-9-14-10-26-18-17(31(14)11-32)20(35)29-22(24)28-18/h3-6,11,14-15,25H,7-10H2,1-2H3,(H2,23,33)(H,27,34)(H4,24,26,28,29,35). The number of nitrogens with two attached hydrogens (primary N) is 2. The number of anilines is 4. The minimum absolute atomic E-state index is 0.0407. The molecule has 2 atom stereocenters. The Kier molecular flexibility index (Phi) is 8.09. The second-order valence-electron chi connectivity index (χ2n) is 8.42. The lowest BCUT2D eigenvalue weighted by atomic mass is 10.1. The Bertz CT molecular complexity index is 1200. The fourth-order valence-electron chi connectivity index (χ4n) is 3.72. The molecule has 36 heavy (non-hydrogen) atoms. The summed E-state index contributed by atoms with van der Waals surface area (Å²) in [7, 11) is 3.11. The summed E-state index contributed by atoms with van der Waals surface area (Å²) in [5, 5.41) is 8.82. The number of aromatic amines is 1. The van der Waals surface area contributed by atoms with Crippen LogP contribution >= 0.6 is 0 Å². The van der Waals surface area contributed by atoms with Crippen molar-refractivity contribution in [3.8, 4) is 0 Å². The van der Waals surface area contributed by atoms with Crippen molar-refractivity contribution in [1.29, 1.82) is 0 Å². The maximum atomic E-state index is 12.7. The van der Waals surface area contributed by atoms with Crippen LogP contribution in [0.25, 0.3) is 0 Å². The van der Waals surface area contributed by atoms with Gasteiger partial charge in [-0.25, -0.2) is 0 Å². The molecule has 2 heterocycles. The van der Waals surface area contributed by atoms with Crippen LogP contribution in [0.5, 0.6) is 0 Å². The van der Waals surface area contributed by atoms with Gasteiger partial charge in [-0.15, -0.1) is 0 Å². The van der Waals surface area contributed by atoms with Gasteiger partial charge in [-0.1, -0.05) is 0 Å². The third-order valence-corrected chi connectivity index (χ3v) is 5.60. The van der Waals surface area contributed by atoms with Crippen LogP contribution in [0.1, 0.15) is 23.2 Å². The number of carbonyl (C=O) groups is 4. The highest BCUT2D eigenvalue weighted by Crippen LogP contribution is 2.25. The van der Waals surface area contributed by atoms with Gasteiger partial charge in [0, 0.05) is 44.9 Å². The number of nitrogens with one attached hydrogen (secondary N) is 4. The Morgan fingerprint density at radius 3 is 2.58 bits per heavy atom. The zero-order valence-corrected chi connectivity index (χ0v) is 19.9. The van der Waals surface area contributed by atoms with E-state index < -0.39 is 29.5 Å². The Morgan fingerprint density at radius 2 is 1.97 bits per heavy atom. The van der Waals surface area contributed by atoms with Gasteiger partial charge < -0.3 is 37.2 Å². The Balaban J connectivity index is 1.63. The number of amides is 4. The summed E-state index contributed by atoms with van der Waals surface area (Å²) in [6.07, 6.45) is 0.617. The van der Waals surface area contributed by atoms with Crippen LogP contribution in [0, 0.1) is 0 Å². The van der Waals surface area contributed by atoms with E-state index in [2.05, 4.69) is 25.9 Å². The molecular weight excluding hydrogens is 470 g/mol. The van der Waals surface area contributed by atoms with Gasteiger partial charge in [-0.3, -0.25) is 29.0 Å². The molecule has 4 amide bonds. The van der Waals surface area contributed by atoms with E-state index in [1.807, 2.05) is 0 Å². The first-order valence-electron chi connectivity index (χ1n) is 11.1. The highest BCUT2D eigenvalue weighted by atomic mass is 16.2. The first-order valence-corrected chi connectivity index (χ1v) is 11.1. The van der Waals surface area contributed by atoms with Gasteiger partial charge >= 0.3 is 0 Å². The third-order valence-electron chi connectivity index (χ3n) is 5.60. The number of nitrogens with zero attached hydrogens (tertiary/aromatic N) is 3. The maximum Gasteiger partial charge on any atom is 0.278 e. The summed E-state index contributed by atoms with van der Waals surface area (Å²) < 4.78 is 0. The number of hydrogen-bond acceptors (Lipinski definition) is 9. The Morgan fingerprint density at radius 1 is 1.28 bits per heavy atom. The van der Waals surface area contributed by atoms with E-state index in [-0.39, 0.29) is 36.2 Å². The monoisotopic (exact) mass is 499 g/mol. The Hall–Kier alpha value is -4.62. The van der Waals surface area contributed by atoms with E-state index in [0.717, 1.165) is 0 Å². The maximum absolute atomic E-state index is 12.7. The average molecular weight is 500 g/mol. The highest BCUT2D eigenvalue weighted by Gasteiger charge is 2.30. The van der Waals surface area contributed by atoms with Crippen LogP contribution in [0.2, 0.25) is 0 Å². The van der Waals surface area contributed by atoms with Crippen molar-refractivity contribution < 1.29 is 19.2 Å². The number of aromatic nitrogens is 2. The van der Waals surface area contributed by atoms with Gasteiger partial charge in [-0.05, 0) is 30.7 Å². The first kappa shape index (κ1) is 26.0. The first-order chi connectivity index (χ1) is 17.1. The summed E-state index contributed by atoms with van der Waals surface area (Å²) in [6, 6.07) is 5.21. The summed E-state index contributed by atoms with van der Waals surface area (Å²) in [4.78, 5) is 69.2. The lowest BCUT2D eigenvalue weighted by Crippen LogP contribution is -2.50. The van der Waals surface area contributed by atoms with Crippen molar-refractivity contribution >= 4 is 47.3 Å². The molecule has 0 spiro atoms. The second kappa shape index (κ2) is 11.2. The van der Waals surface area contributed by atoms with Gasteiger partial charge in [-0.2, -0.15) is 4.98 Å². The molecule has 1 aromatic carbocycles. The number of primary amides is 1. The molecule has 0 bridgehead atoms. The number of benzene rings is 1. The van der Waals surface area contributed by atoms with Crippen molar-refractivity contribution in [3.05, 3.63) is 40.2 Å². The van der Waals surface area contributed by atoms with Gasteiger partial charge in [0.25, 0.3) is 11.5 Å². The minimum atomic E-state index is -0.887. The van der Waals surface area contributed by atoms with Crippen LogP contribution in [-0.2, 0) is 14.4 Å². The molecule has 8 N–H and O–H groups in total. The molecule has 0 radical (unpaired) electrons. The third kappa shape index (κ3) is 6.08. The number of hydrogen-bond donors (Lipinski definition) is 6. The van der Waals surface area contributed by atoms with Crippen LogP contribution < -0.4 is 37.9 Å². The molecule has 0 fully saturated rings. The van der Waals surface area contributed by atoms with Crippen LogP contribution in [-0.4, -0.2) is 78.3 Å². The molecular formula is C22H29N9O5. The molecule has 1 aliphatic rings. The van der Waals surface area contributed by atoms with Gasteiger partial charge in [0.2, 0.25) is 24.2 Å². The zero-order chi connectivity index (χ0) is 26.4. The summed E-state index contributed by atoms with van der Waals surface area (Å²) in [5.74, 6) is -1.20. The minimum Gasteiger partial charge on any atom is -0.383 e. The molecule has 1 aliphatic heterocycles. The summed E-state index contributed by atoms with van der Waals surface area (Å²) in [5.41, 5.74) is 11.3. The molecule has 2 unspecified atom stereocenters. The molecule has 1 aromatic heterocycles. The lowest BCUT2D eigenvalue weighted by molar-refractivity contribution is -0.131. The number of H-pyrrole nitrogens is 1. The predicted octanol–water partition coefficient (Wildman–Crippen LogP) is -1.33. The summed E-state index contributed by atoms with van der Waals surface area (Å²) >= 11 is 0.